The Morgan fingerprint density at radius 1 is 0.577 bits per heavy atom. The van der Waals surface area contributed by atoms with Gasteiger partial charge in [-0.05, 0) is 46.9 Å². The van der Waals surface area contributed by atoms with Crippen LogP contribution in [0.1, 0.15) is 28.1 Å². The molecule has 1 heteroatoms. The summed E-state index contributed by atoms with van der Waals surface area (Å²) in [6.07, 6.45) is 0. The Hall–Kier alpha value is -3.19. The lowest BCUT2D eigenvalue weighted by atomic mass is 9.70. The van der Waals surface area contributed by atoms with Gasteiger partial charge in [-0.2, -0.15) is 0 Å². The van der Waals surface area contributed by atoms with Crippen molar-refractivity contribution in [2.45, 2.75) is 12.3 Å². The molecule has 5 rings (SSSR count). The highest BCUT2D eigenvalue weighted by molar-refractivity contribution is 5.85. The maximum Gasteiger partial charge on any atom is 0.0885 e. The van der Waals surface area contributed by atoms with Gasteiger partial charge in [-0.25, -0.2) is 0 Å². The van der Waals surface area contributed by atoms with Gasteiger partial charge in [-0.15, -0.1) is 0 Å². The largest absolute Gasteiger partial charge is 0.257 e. The molecular weight excluding hydrogens is 314 g/mol. The van der Waals surface area contributed by atoms with E-state index in [-0.39, 0.29) is 5.41 Å². The maximum atomic E-state index is 5.00. The first-order valence-corrected chi connectivity index (χ1v) is 9.01. The van der Waals surface area contributed by atoms with Gasteiger partial charge < -0.3 is 0 Å². The second kappa shape index (κ2) is 5.67. The van der Waals surface area contributed by atoms with Gasteiger partial charge in [0.2, 0.25) is 0 Å². The highest BCUT2D eigenvalue weighted by atomic mass is 14.7. The van der Waals surface area contributed by atoms with Crippen LogP contribution in [0, 0.1) is 6.92 Å². The summed E-state index contributed by atoms with van der Waals surface area (Å²) < 4.78 is 0. The molecule has 4 aromatic rings. The standard InChI is InChI=1S/C25H19N/c1-18-10-9-17-24(26-18)25(19-11-3-2-4-12-19)22-15-7-5-13-20(22)21-14-6-8-16-23(21)25/h2-17H,1H3. The van der Waals surface area contributed by atoms with Crippen molar-refractivity contribution in [3.63, 3.8) is 0 Å². The van der Waals surface area contributed by atoms with Crippen LogP contribution in [0.4, 0.5) is 0 Å². The second-order valence-electron chi connectivity index (χ2n) is 6.87. The summed E-state index contributed by atoms with van der Waals surface area (Å²) >= 11 is 0. The number of benzene rings is 3. The summed E-state index contributed by atoms with van der Waals surface area (Å²) in [5.41, 5.74) is 8.23. The molecule has 0 N–H and O–H groups in total. The minimum Gasteiger partial charge on any atom is -0.257 e. The molecule has 26 heavy (non-hydrogen) atoms. The number of hydrogen-bond donors (Lipinski definition) is 0. The first-order valence-electron chi connectivity index (χ1n) is 9.01. The molecule has 1 aromatic heterocycles. The summed E-state index contributed by atoms with van der Waals surface area (Å²) in [5, 5.41) is 0. The smallest absolute Gasteiger partial charge is 0.0885 e. The third-order valence-corrected chi connectivity index (χ3v) is 5.43. The quantitative estimate of drug-likeness (QED) is 0.400. The van der Waals surface area contributed by atoms with Crippen LogP contribution in [-0.4, -0.2) is 4.98 Å². The molecule has 0 aliphatic heterocycles. The summed E-state index contributed by atoms with van der Waals surface area (Å²) in [7, 11) is 0. The Balaban J connectivity index is 1.98. The van der Waals surface area contributed by atoms with Crippen molar-refractivity contribution in [1.29, 1.82) is 0 Å². The van der Waals surface area contributed by atoms with Gasteiger partial charge in [0.15, 0.2) is 0 Å². The van der Waals surface area contributed by atoms with Crippen LogP contribution in [0.3, 0.4) is 0 Å². The number of rotatable bonds is 2. The van der Waals surface area contributed by atoms with E-state index in [1.807, 2.05) is 0 Å². The summed E-state index contributed by atoms with van der Waals surface area (Å²) in [6, 6.07) is 34.6. The number of pyridine rings is 1. The Morgan fingerprint density at radius 3 is 1.77 bits per heavy atom. The van der Waals surface area contributed by atoms with Gasteiger partial charge in [-0.1, -0.05) is 84.9 Å². The lowest BCUT2D eigenvalue weighted by molar-refractivity contribution is 0.730. The summed E-state index contributed by atoms with van der Waals surface area (Å²) in [5.74, 6) is 0. The van der Waals surface area contributed by atoms with E-state index in [1.165, 1.54) is 27.8 Å². The van der Waals surface area contributed by atoms with Crippen molar-refractivity contribution in [2.75, 3.05) is 0 Å². The number of nitrogens with zero attached hydrogens (tertiary/aromatic N) is 1. The van der Waals surface area contributed by atoms with Crippen molar-refractivity contribution >= 4 is 0 Å². The normalized spacial score (nSPS) is 13.9. The van der Waals surface area contributed by atoms with Crippen molar-refractivity contribution in [3.8, 4) is 11.1 Å². The molecular formula is C25H19N. The fraction of sp³-hybridized carbons (Fsp3) is 0.0800. The molecule has 0 saturated carbocycles. The van der Waals surface area contributed by atoms with Crippen LogP contribution in [0.5, 0.6) is 0 Å². The van der Waals surface area contributed by atoms with E-state index < -0.39 is 0 Å². The van der Waals surface area contributed by atoms with E-state index in [1.54, 1.807) is 0 Å². The Bertz CT molecular complexity index is 1050. The van der Waals surface area contributed by atoms with Crippen LogP contribution in [0.2, 0.25) is 0 Å². The third-order valence-electron chi connectivity index (χ3n) is 5.43. The molecule has 1 nitrogen and oxygen atoms in total. The van der Waals surface area contributed by atoms with E-state index in [9.17, 15) is 0 Å². The molecule has 124 valence electrons. The molecule has 0 amide bonds. The zero-order valence-corrected chi connectivity index (χ0v) is 14.7. The number of aromatic nitrogens is 1. The molecule has 1 heterocycles. The Labute approximate surface area is 154 Å². The topological polar surface area (TPSA) is 12.9 Å². The summed E-state index contributed by atoms with van der Waals surface area (Å²) in [6.45, 7) is 2.06. The minimum atomic E-state index is -0.375. The molecule has 0 spiro atoms. The predicted molar refractivity (Wildman–Crippen MR) is 106 cm³/mol. The van der Waals surface area contributed by atoms with Crippen molar-refractivity contribution in [2.24, 2.45) is 0 Å². The van der Waals surface area contributed by atoms with E-state index in [0.29, 0.717) is 0 Å². The first kappa shape index (κ1) is 15.1. The van der Waals surface area contributed by atoms with Gasteiger partial charge in [0.25, 0.3) is 0 Å². The van der Waals surface area contributed by atoms with Gasteiger partial charge in [0.1, 0.15) is 0 Å². The zero-order chi connectivity index (χ0) is 17.6. The molecule has 0 fully saturated rings. The van der Waals surface area contributed by atoms with E-state index in [4.69, 9.17) is 4.98 Å². The number of aryl methyl sites for hydroxylation is 1. The number of hydrogen-bond acceptors (Lipinski definition) is 1. The highest BCUT2D eigenvalue weighted by Gasteiger charge is 2.46. The molecule has 0 saturated heterocycles. The lowest BCUT2D eigenvalue weighted by Crippen LogP contribution is -2.29. The van der Waals surface area contributed by atoms with E-state index in [0.717, 1.165) is 11.4 Å². The number of fused-ring (bicyclic) bond motifs is 3. The van der Waals surface area contributed by atoms with Crippen LogP contribution >= 0.6 is 0 Å². The first-order chi connectivity index (χ1) is 12.8. The molecule has 0 atom stereocenters. The average Bonchev–Trinajstić information content (AvgIpc) is 3.00. The zero-order valence-electron chi connectivity index (χ0n) is 14.7. The second-order valence-corrected chi connectivity index (χ2v) is 6.87. The van der Waals surface area contributed by atoms with Gasteiger partial charge in [0, 0.05) is 5.69 Å². The van der Waals surface area contributed by atoms with E-state index in [2.05, 4.69) is 104 Å². The monoisotopic (exact) mass is 333 g/mol. The van der Waals surface area contributed by atoms with Crippen molar-refractivity contribution < 1.29 is 0 Å². The minimum absolute atomic E-state index is 0.375. The molecule has 3 aromatic carbocycles. The fourth-order valence-corrected chi connectivity index (χ4v) is 4.41. The van der Waals surface area contributed by atoms with Crippen LogP contribution < -0.4 is 0 Å². The molecule has 0 bridgehead atoms. The SMILES string of the molecule is Cc1cccc(C2(c3ccccc3)c3ccccc3-c3ccccc32)n1. The van der Waals surface area contributed by atoms with Crippen LogP contribution in [0.15, 0.2) is 97.1 Å². The summed E-state index contributed by atoms with van der Waals surface area (Å²) in [4.78, 5) is 5.00. The molecule has 1 aliphatic rings. The van der Waals surface area contributed by atoms with Crippen molar-refractivity contribution in [1.82, 2.24) is 4.98 Å². The average molecular weight is 333 g/mol. The maximum absolute atomic E-state index is 5.00. The molecule has 1 aliphatic carbocycles. The van der Waals surface area contributed by atoms with Gasteiger partial charge >= 0.3 is 0 Å². The van der Waals surface area contributed by atoms with Crippen LogP contribution in [-0.2, 0) is 5.41 Å². The lowest BCUT2D eigenvalue weighted by Gasteiger charge is -2.32. The Kier molecular flexibility index (Phi) is 3.29. The predicted octanol–water partition coefficient (Wildman–Crippen LogP) is 5.75. The molecule has 0 radical (unpaired) electrons. The van der Waals surface area contributed by atoms with Crippen molar-refractivity contribution in [3.05, 3.63) is 125 Å². The molecule has 0 unspecified atom stereocenters. The Morgan fingerprint density at radius 2 is 1.15 bits per heavy atom. The van der Waals surface area contributed by atoms with Gasteiger partial charge in [-0.3, -0.25) is 4.98 Å². The third kappa shape index (κ3) is 1.94. The van der Waals surface area contributed by atoms with E-state index >= 15 is 0 Å². The highest BCUT2D eigenvalue weighted by Crippen LogP contribution is 2.55. The van der Waals surface area contributed by atoms with Gasteiger partial charge in [0.05, 0.1) is 11.1 Å². The fourth-order valence-electron chi connectivity index (χ4n) is 4.41. The van der Waals surface area contributed by atoms with Crippen LogP contribution in [0.25, 0.3) is 11.1 Å².